The first-order valence-corrected chi connectivity index (χ1v) is 6.80. The average Bonchev–Trinajstić information content (AvgIpc) is 2.93. The smallest absolute Gasteiger partial charge is 0.280 e. The van der Waals surface area contributed by atoms with Gasteiger partial charge < -0.3 is 14.4 Å². The van der Waals surface area contributed by atoms with Crippen molar-refractivity contribution in [2.24, 2.45) is 0 Å². The maximum absolute atomic E-state index is 12.3. The summed E-state index contributed by atoms with van der Waals surface area (Å²) in [6, 6.07) is 5.99. The monoisotopic (exact) mass is 289 g/mol. The van der Waals surface area contributed by atoms with Gasteiger partial charge in [-0.2, -0.15) is 5.16 Å². The van der Waals surface area contributed by atoms with Gasteiger partial charge in [0.2, 0.25) is 5.56 Å². The van der Waals surface area contributed by atoms with E-state index in [0.717, 1.165) is 12.8 Å². The molecular weight excluding hydrogens is 274 g/mol. The van der Waals surface area contributed by atoms with Gasteiger partial charge in [0.15, 0.2) is 0 Å². The van der Waals surface area contributed by atoms with Crippen LogP contribution < -0.4 is 11.1 Å². The SMILES string of the molecule is O=C(c1cccc(=O)[nH]1)N1CCC(c2cc(=O)[nH]o2)CC1. The molecule has 1 aliphatic heterocycles. The Bertz CT molecular complexity index is 750. The highest BCUT2D eigenvalue weighted by molar-refractivity contribution is 5.92. The third-order valence-corrected chi connectivity index (χ3v) is 3.73. The van der Waals surface area contributed by atoms with E-state index in [4.69, 9.17) is 4.52 Å². The number of carbonyl (C=O) groups excluding carboxylic acids is 1. The fourth-order valence-electron chi connectivity index (χ4n) is 2.61. The van der Waals surface area contributed by atoms with Crippen LogP contribution in [0.2, 0.25) is 0 Å². The van der Waals surface area contributed by atoms with E-state index >= 15 is 0 Å². The number of nitrogens with one attached hydrogen (secondary N) is 2. The predicted molar refractivity (Wildman–Crippen MR) is 74.3 cm³/mol. The molecule has 1 amide bonds. The minimum atomic E-state index is -0.287. The van der Waals surface area contributed by atoms with Crippen molar-refractivity contribution in [3.05, 3.63) is 56.4 Å². The van der Waals surface area contributed by atoms with Gasteiger partial charge in [0.05, 0.1) is 0 Å². The van der Waals surface area contributed by atoms with Gasteiger partial charge in [-0.3, -0.25) is 14.4 Å². The molecule has 0 bridgehead atoms. The molecule has 1 saturated heterocycles. The van der Waals surface area contributed by atoms with Crippen molar-refractivity contribution in [1.29, 1.82) is 0 Å². The second kappa shape index (κ2) is 5.43. The molecule has 2 aromatic heterocycles. The van der Waals surface area contributed by atoms with Gasteiger partial charge in [-0.1, -0.05) is 6.07 Å². The molecule has 0 radical (unpaired) electrons. The van der Waals surface area contributed by atoms with E-state index in [-0.39, 0.29) is 22.9 Å². The van der Waals surface area contributed by atoms with Crippen molar-refractivity contribution in [2.45, 2.75) is 18.8 Å². The van der Waals surface area contributed by atoms with Gasteiger partial charge in [-0.15, -0.1) is 0 Å². The van der Waals surface area contributed by atoms with Crippen LogP contribution in [0, 0.1) is 0 Å². The van der Waals surface area contributed by atoms with Crippen LogP contribution >= 0.6 is 0 Å². The number of likely N-dealkylation sites (tertiary alicyclic amines) is 1. The first-order chi connectivity index (χ1) is 10.1. The summed E-state index contributed by atoms with van der Waals surface area (Å²) in [6.07, 6.45) is 1.45. The van der Waals surface area contributed by atoms with Crippen LogP contribution in [0.4, 0.5) is 0 Å². The second-order valence-corrected chi connectivity index (χ2v) is 5.11. The fourth-order valence-corrected chi connectivity index (χ4v) is 2.61. The third kappa shape index (κ3) is 2.81. The lowest BCUT2D eigenvalue weighted by Gasteiger charge is -2.30. The molecule has 2 aromatic rings. The number of hydrogen-bond acceptors (Lipinski definition) is 4. The summed E-state index contributed by atoms with van der Waals surface area (Å²) in [7, 11) is 0. The molecule has 0 atom stereocenters. The molecule has 2 N–H and O–H groups in total. The Balaban J connectivity index is 1.67. The summed E-state index contributed by atoms with van der Waals surface area (Å²) in [5.74, 6) is 0.602. The van der Waals surface area contributed by atoms with Gasteiger partial charge in [0, 0.05) is 31.1 Å². The van der Waals surface area contributed by atoms with Gasteiger partial charge in [0.25, 0.3) is 11.5 Å². The van der Waals surface area contributed by atoms with Crippen molar-refractivity contribution < 1.29 is 9.32 Å². The first kappa shape index (κ1) is 13.4. The molecule has 0 spiro atoms. The van der Waals surface area contributed by atoms with Crippen LogP contribution in [0.5, 0.6) is 0 Å². The van der Waals surface area contributed by atoms with Crippen LogP contribution in [0.1, 0.15) is 35.0 Å². The number of piperidine rings is 1. The number of aromatic amines is 2. The Morgan fingerprint density at radius 2 is 1.95 bits per heavy atom. The summed E-state index contributed by atoms with van der Waals surface area (Å²) in [5.41, 5.74) is -0.232. The minimum absolute atomic E-state index is 0.142. The van der Waals surface area contributed by atoms with Gasteiger partial charge in [-0.05, 0) is 18.9 Å². The number of rotatable bonds is 2. The highest BCUT2D eigenvalue weighted by atomic mass is 16.5. The summed E-state index contributed by atoms with van der Waals surface area (Å²) in [4.78, 5) is 38.8. The molecule has 7 nitrogen and oxygen atoms in total. The van der Waals surface area contributed by atoms with E-state index in [1.165, 1.54) is 12.1 Å². The molecule has 0 aliphatic carbocycles. The van der Waals surface area contributed by atoms with E-state index in [9.17, 15) is 14.4 Å². The number of carbonyl (C=O) groups is 1. The Morgan fingerprint density at radius 1 is 1.19 bits per heavy atom. The van der Waals surface area contributed by atoms with Gasteiger partial charge in [0.1, 0.15) is 11.5 Å². The van der Waals surface area contributed by atoms with Crippen LogP contribution in [0.15, 0.2) is 38.4 Å². The number of H-pyrrole nitrogens is 2. The average molecular weight is 289 g/mol. The summed E-state index contributed by atoms with van der Waals surface area (Å²) < 4.78 is 5.11. The van der Waals surface area contributed by atoms with E-state index < -0.39 is 0 Å². The molecule has 1 aliphatic rings. The summed E-state index contributed by atoms with van der Waals surface area (Å²) >= 11 is 0. The Morgan fingerprint density at radius 3 is 2.57 bits per heavy atom. The Kier molecular flexibility index (Phi) is 3.47. The molecule has 110 valence electrons. The van der Waals surface area contributed by atoms with Gasteiger partial charge in [-0.25, -0.2) is 0 Å². The normalized spacial score (nSPS) is 16.1. The van der Waals surface area contributed by atoms with Crippen molar-refractivity contribution in [1.82, 2.24) is 15.0 Å². The highest BCUT2D eigenvalue weighted by Crippen LogP contribution is 2.27. The van der Waals surface area contributed by atoms with E-state index in [1.807, 2.05) is 0 Å². The molecular formula is C14H15N3O4. The number of aromatic nitrogens is 2. The van der Waals surface area contributed by atoms with Crippen LogP contribution in [-0.2, 0) is 0 Å². The minimum Gasteiger partial charge on any atom is -0.383 e. The molecule has 0 saturated carbocycles. The Hall–Kier alpha value is -2.57. The van der Waals surface area contributed by atoms with E-state index in [2.05, 4.69) is 10.1 Å². The van der Waals surface area contributed by atoms with E-state index in [1.54, 1.807) is 17.0 Å². The zero-order valence-electron chi connectivity index (χ0n) is 11.3. The fraction of sp³-hybridized carbons (Fsp3) is 0.357. The van der Waals surface area contributed by atoms with Crippen molar-refractivity contribution in [3.63, 3.8) is 0 Å². The molecule has 3 heterocycles. The zero-order valence-corrected chi connectivity index (χ0v) is 11.3. The number of nitrogens with zero attached hydrogens (tertiary/aromatic N) is 1. The first-order valence-electron chi connectivity index (χ1n) is 6.80. The summed E-state index contributed by atoms with van der Waals surface area (Å²) in [5, 5.41) is 2.28. The number of hydrogen-bond donors (Lipinski definition) is 2. The molecule has 21 heavy (non-hydrogen) atoms. The predicted octanol–water partition coefficient (Wildman–Crippen LogP) is 0.676. The number of amides is 1. The lowest BCUT2D eigenvalue weighted by atomic mass is 9.94. The van der Waals surface area contributed by atoms with Crippen LogP contribution in [0.3, 0.4) is 0 Å². The quantitative estimate of drug-likeness (QED) is 0.849. The molecule has 7 heteroatoms. The lowest BCUT2D eigenvalue weighted by Crippen LogP contribution is -2.38. The zero-order chi connectivity index (χ0) is 14.8. The highest BCUT2D eigenvalue weighted by Gasteiger charge is 2.26. The van der Waals surface area contributed by atoms with Crippen molar-refractivity contribution >= 4 is 5.91 Å². The standard InChI is InChI=1S/C14H15N3O4/c18-12-3-1-2-10(15-12)14(20)17-6-4-9(5-7-17)11-8-13(19)16-21-11/h1-3,8-9H,4-7H2,(H,15,18)(H,16,19). The van der Waals surface area contributed by atoms with E-state index in [0.29, 0.717) is 24.5 Å². The second-order valence-electron chi connectivity index (χ2n) is 5.11. The van der Waals surface area contributed by atoms with Crippen molar-refractivity contribution in [2.75, 3.05) is 13.1 Å². The molecule has 3 rings (SSSR count). The molecule has 0 unspecified atom stereocenters. The Labute approximate surface area is 119 Å². The molecule has 0 aromatic carbocycles. The van der Waals surface area contributed by atoms with Gasteiger partial charge >= 0.3 is 0 Å². The lowest BCUT2D eigenvalue weighted by molar-refractivity contribution is 0.0700. The summed E-state index contributed by atoms with van der Waals surface area (Å²) in [6.45, 7) is 1.13. The third-order valence-electron chi connectivity index (χ3n) is 3.73. The largest absolute Gasteiger partial charge is 0.383 e. The number of pyridine rings is 1. The van der Waals surface area contributed by atoms with Crippen molar-refractivity contribution in [3.8, 4) is 0 Å². The molecule has 1 fully saturated rings. The maximum Gasteiger partial charge on any atom is 0.280 e. The van der Waals surface area contributed by atoms with Crippen LogP contribution in [0.25, 0.3) is 0 Å². The maximum atomic E-state index is 12.3. The van der Waals surface area contributed by atoms with Crippen LogP contribution in [-0.4, -0.2) is 34.0 Å². The topological polar surface area (TPSA) is 99.2 Å².